The van der Waals surface area contributed by atoms with Crippen molar-refractivity contribution < 1.29 is 12.8 Å². The molecule has 0 radical (unpaired) electrons. The van der Waals surface area contributed by atoms with Gasteiger partial charge in [0.25, 0.3) is 0 Å². The highest BCUT2D eigenvalue weighted by Crippen LogP contribution is 2.26. The Bertz CT molecular complexity index is 735. The second-order valence-corrected chi connectivity index (χ2v) is 6.94. The average molecular weight is 308 g/mol. The zero-order chi connectivity index (χ0) is 15.6. The third-order valence-corrected chi connectivity index (χ3v) is 3.70. The number of anilines is 2. The van der Waals surface area contributed by atoms with E-state index in [1.807, 2.05) is 32.9 Å². The molecule has 0 fully saturated rings. The summed E-state index contributed by atoms with van der Waals surface area (Å²) >= 11 is 0. The van der Waals surface area contributed by atoms with Crippen LogP contribution in [0.1, 0.15) is 30.0 Å². The Morgan fingerprint density at radius 1 is 1.14 bits per heavy atom. The fraction of sp³-hybridized carbons (Fsp3) is 0.333. The number of rotatable bonds is 5. The van der Waals surface area contributed by atoms with Crippen LogP contribution in [0.3, 0.4) is 0 Å². The van der Waals surface area contributed by atoms with Gasteiger partial charge in [-0.3, -0.25) is 4.72 Å². The van der Waals surface area contributed by atoms with Gasteiger partial charge in [-0.2, -0.15) is 0 Å². The van der Waals surface area contributed by atoms with E-state index in [1.165, 1.54) is 0 Å². The average Bonchev–Trinajstić information content (AvgIpc) is 2.66. The second-order valence-electron chi connectivity index (χ2n) is 5.19. The largest absolute Gasteiger partial charge is 0.466 e. The molecule has 0 aliphatic heterocycles. The summed E-state index contributed by atoms with van der Waals surface area (Å²) in [6, 6.07) is 9.24. The van der Waals surface area contributed by atoms with Crippen LogP contribution in [-0.4, -0.2) is 14.7 Å². The molecule has 2 N–H and O–H groups in total. The molecule has 6 heteroatoms. The van der Waals surface area contributed by atoms with Crippen LogP contribution in [0, 0.1) is 13.8 Å². The number of benzene rings is 1. The summed E-state index contributed by atoms with van der Waals surface area (Å²) in [4.78, 5) is 0. The van der Waals surface area contributed by atoms with Crippen molar-refractivity contribution in [3.05, 3.63) is 47.4 Å². The Kier molecular flexibility index (Phi) is 4.27. The zero-order valence-electron chi connectivity index (χ0n) is 12.6. The molecule has 0 amide bonds. The van der Waals surface area contributed by atoms with E-state index in [4.69, 9.17) is 4.42 Å². The molecule has 5 nitrogen and oxygen atoms in total. The number of sulfonamides is 1. The van der Waals surface area contributed by atoms with Crippen LogP contribution in [0.15, 0.2) is 34.7 Å². The monoisotopic (exact) mass is 308 g/mol. The molecule has 1 unspecified atom stereocenters. The third-order valence-electron chi connectivity index (χ3n) is 3.09. The summed E-state index contributed by atoms with van der Waals surface area (Å²) in [6.07, 6.45) is 1.13. The first-order valence-electron chi connectivity index (χ1n) is 6.66. The van der Waals surface area contributed by atoms with Gasteiger partial charge in [0.15, 0.2) is 0 Å². The van der Waals surface area contributed by atoms with Gasteiger partial charge in [0.05, 0.1) is 18.0 Å². The maximum Gasteiger partial charge on any atom is 0.229 e. The summed E-state index contributed by atoms with van der Waals surface area (Å²) in [7, 11) is -3.27. The fourth-order valence-corrected chi connectivity index (χ4v) is 2.85. The molecular weight excluding hydrogens is 288 g/mol. The molecule has 1 atom stereocenters. The van der Waals surface area contributed by atoms with Crippen molar-refractivity contribution in [3.63, 3.8) is 0 Å². The molecule has 2 aromatic rings. The molecule has 0 bridgehead atoms. The van der Waals surface area contributed by atoms with E-state index in [9.17, 15) is 8.42 Å². The van der Waals surface area contributed by atoms with Gasteiger partial charge in [-0.15, -0.1) is 0 Å². The SMILES string of the molecule is Cc1cc(C(C)Nc2cccc(NS(C)(=O)=O)c2)c(C)o1. The molecule has 1 aromatic carbocycles. The van der Waals surface area contributed by atoms with E-state index in [0.29, 0.717) is 5.69 Å². The van der Waals surface area contributed by atoms with Crippen molar-refractivity contribution in [2.45, 2.75) is 26.8 Å². The van der Waals surface area contributed by atoms with E-state index >= 15 is 0 Å². The number of furan rings is 1. The number of hydrogen-bond acceptors (Lipinski definition) is 4. The van der Waals surface area contributed by atoms with Crippen molar-refractivity contribution in [2.75, 3.05) is 16.3 Å². The highest BCUT2D eigenvalue weighted by molar-refractivity contribution is 7.92. The lowest BCUT2D eigenvalue weighted by Crippen LogP contribution is -2.10. The van der Waals surface area contributed by atoms with Crippen LogP contribution in [0.25, 0.3) is 0 Å². The summed E-state index contributed by atoms with van der Waals surface area (Å²) in [5, 5.41) is 3.34. The van der Waals surface area contributed by atoms with E-state index in [2.05, 4.69) is 10.0 Å². The summed E-state index contributed by atoms with van der Waals surface area (Å²) in [5.41, 5.74) is 2.47. The molecule has 0 aliphatic rings. The van der Waals surface area contributed by atoms with Crippen LogP contribution in [-0.2, 0) is 10.0 Å². The Hall–Kier alpha value is -1.95. The minimum Gasteiger partial charge on any atom is -0.466 e. The van der Waals surface area contributed by atoms with Gasteiger partial charge in [-0.1, -0.05) is 6.07 Å². The van der Waals surface area contributed by atoms with Crippen molar-refractivity contribution in [2.24, 2.45) is 0 Å². The normalized spacial score (nSPS) is 13.0. The Morgan fingerprint density at radius 2 is 1.81 bits per heavy atom. The van der Waals surface area contributed by atoms with Gasteiger partial charge in [0, 0.05) is 11.3 Å². The maximum absolute atomic E-state index is 11.3. The van der Waals surface area contributed by atoms with Crippen molar-refractivity contribution in [1.82, 2.24) is 0 Å². The summed E-state index contributed by atoms with van der Waals surface area (Å²) in [5.74, 6) is 1.77. The molecule has 2 rings (SSSR count). The van der Waals surface area contributed by atoms with Crippen LogP contribution in [0.5, 0.6) is 0 Å². The molecular formula is C15H20N2O3S. The van der Waals surface area contributed by atoms with Gasteiger partial charge >= 0.3 is 0 Å². The molecule has 21 heavy (non-hydrogen) atoms. The first-order valence-corrected chi connectivity index (χ1v) is 8.55. The molecule has 0 saturated carbocycles. The van der Waals surface area contributed by atoms with Crippen LogP contribution >= 0.6 is 0 Å². The molecule has 0 spiro atoms. The van der Waals surface area contributed by atoms with E-state index < -0.39 is 10.0 Å². The predicted octanol–water partition coefficient (Wildman–Crippen LogP) is 3.44. The van der Waals surface area contributed by atoms with Gasteiger partial charge in [-0.25, -0.2) is 8.42 Å². The highest BCUT2D eigenvalue weighted by Gasteiger charge is 2.12. The van der Waals surface area contributed by atoms with Crippen LogP contribution in [0.2, 0.25) is 0 Å². The quantitative estimate of drug-likeness (QED) is 0.887. The standard InChI is InChI=1S/C15H20N2O3S/c1-10-8-15(12(3)20-10)11(2)16-13-6-5-7-14(9-13)17-21(4,18)19/h5-9,11,16-17H,1-4H3. The second kappa shape index (κ2) is 5.81. The van der Waals surface area contributed by atoms with Gasteiger partial charge < -0.3 is 9.73 Å². The minimum atomic E-state index is -3.27. The lowest BCUT2D eigenvalue weighted by atomic mass is 10.1. The molecule has 0 aliphatic carbocycles. The fourth-order valence-electron chi connectivity index (χ4n) is 2.29. The predicted molar refractivity (Wildman–Crippen MR) is 85.1 cm³/mol. The van der Waals surface area contributed by atoms with Crippen LogP contribution < -0.4 is 10.0 Å². The number of aryl methyl sites for hydroxylation is 2. The van der Waals surface area contributed by atoms with Gasteiger partial charge in [0.2, 0.25) is 10.0 Å². The summed E-state index contributed by atoms with van der Waals surface area (Å²) in [6.45, 7) is 5.88. The van der Waals surface area contributed by atoms with Crippen molar-refractivity contribution in [1.29, 1.82) is 0 Å². The molecule has 1 aromatic heterocycles. The molecule has 1 heterocycles. The number of hydrogen-bond donors (Lipinski definition) is 2. The van der Waals surface area contributed by atoms with Crippen molar-refractivity contribution >= 4 is 21.4 Å². The molecule has 0 saturated heterocycles. The maximum atomic E-state index is 11.3. The topological polar surface area (TPSA) is 71.3 Å². The van der Waals surface area contributed by atoms with E-state index in [0.717, 1.165) is 29.0 Å². The highest BCUT2D eigenvalue weighted by atomic mass is 32.2. The smallest absolute Gasteiger partial charge is 0.229 e. The first-order chi connectivity index (χ1) is 9.74. The first kappa shape index (κ1) is 15.4. The van der Waals surface area contributed by atoms with Gasteiger partial charge in [-0.05, 0) is 45.0 Å². The Morgan fingerprint density at radius 3 is 2.38 bits per heavy atom. The van der Waals surface area contributed by atoms with Crippen molar-refractivity contribution in [3.8, 4) is 0 Å². The summed E-state index contributed by atoms with van der Waals surface area (Å²) < 4.78 is 30.5. The van der Waals surface area contributed by atoms with E-state index in [1.54, 1.807) is 18.2 Å². The zero-order valence-corrected chi connectivity index (χ0v) is 13.4. The van der Waals surface area contributed by atoms with Crippen LogP contribution in [0.4, 0.5) is 11.4 Å². The van der Waals surface area contributed by atoms with E-state index in [-0.39, 0.29) is 6.04 Å². The Labute approximate surface area is 125 Å². The Balaban J connectivity index is 2.16. The lowest BCUT2D eigenvalue weighted by Gasteiger charge is -2.15. The third kappa shape index (κ3) is 4.26. The molecule has 114 valence electrons. The number of nitrogens with one attached hydrogen (secondary N) is 2. The lowest BCUT2D eigenvalue weighted by molar-refractivity contribution is 0.500. The van der Waals surface area contributed by atoms with Gasteiger partial charge in [0.1, 0.15) is 11.5 Å². The minimum absolute atomic E-state index is 0.0657.